The van der Waals surface area contributed by atoms with Crippen molar-refractivity contribution in [3.8, 4) is 0 Å². The number of hydrogen-bond acceptors (Lipinski definition) is 5. The van der Waals surface area contributed by atoms with Gasteiger partial charge in [-0.3, -0.25) is 24.0 Å². The molecule has 36 heavy (non-hydrogen) atoms. The molecule has 3 aromatic rings. The molecule has 186 valence electrons. The van der Waals surface area contributed by atoms with Crippen molar-refractivity contribution in [1.82, 2.24) is 9.88 Å². The fourth-order valence-corrected chi connectivity index (χ4v) is 3.57. The van der Waals surface area contributed by atoms with E-state index >= 15 is 0 Å². The van der Waals surface area contributed by atoms with Crippen molar-refractivity contribution in [1.29, 1.82) is 0 Å². The molecule has 10 heteroatoms. The van der Waals surface area contributed by atoms with Crippen molar-refractivity contribution in [3.05, 3.63) is 100 Å². The van der Waals surface area contributed by atoms with Gasteiger partial charge in [0.25, 0.3) is 11.5 Å². The minimum atomic E-state index is -1.60. The highest BCUT2D eigenvalue weighted by atomic mass is 19.1. The fourth-order valence-electron chi connectivity index (χ4n) is 3.57. The van der Waals surface area contributed by atoms with Gasteiger partial charge in [-0.15, -0.1) is 0 Å². The minimum absolute atomic E-state index is 0.00622. The zero-order valence-corrected chi connectivity index (χ0v) is 19.1. The van der Waals surface area contributed by atoms with Gasteiger partial charge in [0, 0.05) is 18.2 Å². The number of halogens is 1. The first kappa shape index (κ1) is 26.0. The highest BCUT2D eigenvalue weighted by Crippen LogP contribution is 2.16. The molecular formula is C26H24FN3O6. The van der Waals surface area contributed by atoms with Crippen LogP contribution in [0.2, 0.25) is 0 Å². The normalized spacial score (nSPS) is 12.2. The molecular weight excluding hydrogens is 469 g/mol. The Kier molecular flexibility index (Phi) is 8.82. The third kappa shape index (κ3) is 6.72. The first-order valence-electron chi connectivity index (χ1n) is 11.0. The van der Waals surface area contributed by atoms with Crippen LogP contribution in [0.25, 0.3) is 0 Å². The van der Waals surface area contributed by atoms with E-state index in [-0.39, 0.29) is 12.1 Å². The van der Waals surface area contributed by atoms with Crippen LogP contribution < -0.4 is 16.2 Å². The molecule has 2 amide bonds. The summed E-state index contributed by atoms with van der Waals surface area (Å²) in [7, 11) is 0. The van der Waals surface area contributed by atoms with Crippen LogP contribution in [-0.2, 0) is 20.8 Å². The molecule has 2 aromatic carbocycles. The standard InChI is InChI=1S/C26H24FN3O6/c27-16-22(31)20(15-23(32)33)29-25(35)21(14-17-8-3-1-4-9-17)30-13-7-12-19(26(30)36)28-24(34)18-10-5-2-6-11-18/h1-13,20-21H,14-16H2,(H,28,34)(H,29,35)(H,32,33)/t20?,21-/m0/s1. The van der Waals surface area contributed by atoms with E-state index in [4.69, 9.17) is 5.11 Å². The Hall–Kier alpha value is -4.60. The number of pyridine rings is 1. The Bertz CT molecular complexity index is 1290. The van der Waals surface area contributed by atoms with E-state index in [1.165, 1.54) is 18.3 Å². The van der Waals surface area contributed by atoms with Crippen molar-refractivity contribution in [2.24, 2.45) is 0 Å². The number of alkyl halides is 1. The Morgan fingerprint density at radius 1 is 0.917 bits per heavy atom. The third-order valence-electron chi connectivity index (χ3n) is 5.38. The Labute approximate surface area is 205 Å². The maximum Gasteiger partial charge on any atom is 0.305 e. The lowest BCUT2D eigenvalue weighted by molar-refractivity contribution is -0.140. The lowest BCUT2D eigenvalue weighted by Gasteiger charge is -2.23. The lowest BCUT2D eigenvalue weighted by atomic mass is 10.0. The number of hydrogen-bond donors (Lipinski definition) is 3. The smallest absolute Gasteiger partial charge is 0.305 e. The average molecular weight is 493 g/mol. The zero-order chi connectivity index (χ0) is 26.1. The van der Waals surface area contributed by atoms with Crippen LogP contribution >= 0.6 is 0 Å². The summed E-state index contributed by atoms with van der Waals surface area (Å²) in [5.41, 5.74) is 0.227. The second-order valence-electron chi connectivity index (χ2n) is 7.92. The van der Waals surface area contributed by atoms with E-state index in [2.05, 4.69) is 10.6 Å². The van der Waals surface area contributed by atoms with Gasteiger partial charge in [-0.05, 0) is 29.8 Å². The van der Waals surface area contributed by atoms with Crippen LogP contribution in [0.1, 0.15) is 28.4 Å². The third-order valence-corrected chi connectivity index (χ3v) is 5.38. The quantitative estimate of drug-likeness (QED) is 0.376. The van der Waals surface area contributed by atoms with Gasteiger partial charge in [0.15, 0.2) is 5.78 Å². The van der Waals surface area contributed by atoms with E-state index in [0.29, 0.717) is 11.1 Å². The molecule has 0 bridgehead atoms. The van der Waals surface area contributed by atoms with Gasteiger partial charge in [-0.2, -0.15) is 0 Å². The number of benzene rings is 2. The highest BCUT2D eigenvalue weighted by Gasteiger charge is 2.29. The number of nitrogens with zero attached hydrogens (tertiary/aromatic N) is 1. The van der Waals surface area contributed by atoms with Crippen LogP contribution in [0.5, 0.6) is 0 Å². The first-order valence-corrected chi connectivity index (χ1v) is 11.0. The topological polar surface area (TPSA) is 135 Å². The highest BCUT2D eigenvalue weighted by molar-refractivity contribution is 6.04. The molecule has 3 N–H and O–H groups in total. The Balaban J connectivity index is 1.95. The van der Waals surface area contributed by atoms with Gasteiger partial charge in [0.1, 0.15) is 24.4 Å². The number of aromatic nitrogens is 1. The molecule has 2 atom stereocenters. The fraction of sp³-hybridized carbons (Fsp3) is 0.192. The second-order valence-corrected chi connectivity index (χ2v) is 7.92. The molecule has 0 saturated heterocycles. The van der Waals surface area contributed by atoms with Gasteiger partial charge in [-0.25, -0.2) is 4.39 Å². The number of aliphatic carboxylic acids is 1. The number of nitrogens with one attached hydrogen (secondary N) is 2. The number of amides is 2. The van der Waals surface area contributed by atoms with Crippen molar-refractivity contribution in [3.63, 3.8) is 0 Å². The largest absolute Gasteiger partial charge is 0.481 e. The van der Waals surface area contributed by atoms with E-state index < -0.39 is 54.3 Å². The van der Waals surface area contributed by atoms with E-state index in [0.717, 1.165) is 4.57 Å². The molecule has 0 aliphatic rings. The molecule has 0 spiro atoms. The summed E-state index contributed by atoms with van der Waals surface area (Å²) >= 11 is 0. The summed E-state index contributed by atoms with van der Waals surface area (Å²) < 4.78 is 14.1. The molecule has 0 aliphatic heterocycles. The van der Waals surface area contributed by atoms with Crippen molar-refractivity contribution >= 4 is 29.3 Å². The van der Waals surface area contributed by atoms with Crippen molar-refractivity contribution in [2.45, 2.75) is 24.9 Å². The molecule has 0 aliphatic carbocycles. The van der Waals surface area contributed by atoms with Gasteiger partial charge >= 0.3 is 5.97 Å². The Morgan fingerprint density at radius 3 is 2.17 bits per heavy atom. The summed E-state index contributed by atoms with van der Waals surface area (Å²) in [6.07, 6.45) is 0.539. The first-order chi connectivity index (χ1) is 17.3. The molecule has 1 aromatic heterocycles. The average Bonchev–Trinajstić information content (AvgIpc) is 2.88. The van der Waals surface area contributed by atoms with Crippen LogP contribution in [0.3, 0.4) is 0 Å². The summed E-state index contributed by atoms with van der Waals surface area (Å²) in [6, 6.07) is 17.0. The zero-order valence-electron chi connectivity index (χ0n) is 19.1. The molecule has 3 rings (SSSR count). The minimum Gasteiger partial charge on any atom is -0.481 e. The molecule has 0 radical (unpaired) electrons. The van der Waals surface area contributed by atoms with Crippen LogP contribution in [0.4, 0.5) is 10.1 Å². The molecule has 1 unspecified atom stereocenters. The van der Waals surface area contributed by atoms with Crippen LogP contribution in [0, 0.1) is 0 Å². The van der Waals surface area contributed by atoms with E-state index in [9.17, 15) is 28.4 Å². The van der Waals surface area contributed by atoms with Crippen LogP contribution in [0.15, 0.2) is 83.8 Å². The number of ketones is 1. The van der Waals surface area contributed by atoms with Crippen molar-refractivity contribution in [2.75, 3.05) is 12.0 Å². The predicted molar refractivity (Wildman–Crippen MR) is 129 cm³/mol. The Morgan fingerprint density at radius 2 is 1.56 bits per heavy atom. The van der Waals surface area contributed by atoms with Crippen molar-refractivity contribution < 1.29 is 28.7 Å². The van der Waals surface area contributed by atoms with E-state index in [1.54, 1.807) is 60.7 Å². The maximum absolute atomic E-state index is 13.3. The molecule has 0 fully saturated rings. The molecule has 0 saturated carbocycles. The molecule has 1 heterocycles. The predicted octanol–water partition coefficient (Wildman–Crippen LogP) is 2.38. The number of anilines is 1. The summed E-state index contributed by atoms with van der Waals surface area (Å²) in [6.45, 7) is -1.46. The van der Waals surface area contributed by atoms with Gasteiger partial charge < -0.3 is 20.3 Å². The number of rotatable bonds is 11. The SMILES string of the molecule is O=C(O)CC(NC(=O)[C@H](Cc1ccccc1)n1cccc(NC(=O)c2ccccc2)c1=O)C(=O)CF. The monoisotopic (exact) mass is 493 g/mol. The van der Waals surface area contributed by atoms with Gasteiger partial charge in [0.2, 0.25) is 5.91 Å². The number of carbonyl (C=O) groups is 4. The summed E-state index contributed by atoms with van der Waals surface area (Å²) in [5.74, 6) is -3.87. The van der Waals surface area contributed by atoms with Gasteiger partial charge in [0.05, 0.1) is 6.42 Å². The maximum atomic E-state index is 13.3. The number of carbonyl (C=O) groups excluding carboxylic acids is 3. The second kappa shape index (κ2) is 12.2. The number of Topliss-reactive ketones (excluding diaryl/α,β-unsaturated/α-hetero) is 1. The lowest BCUT2D eigenvalue weighted by Crippen LogP contribution is -2.47. The molecule has 9 nitrogen and oxygen atoms in total. The number of carboxylic acids is 1. The summed E-state index contributed by atoms with van der Waals surface area (Å²) in [4.78, 5) is 62.1. The summed E-state index contributed by atoms with van der Waals surface area (Å²) in [5, 5.41) is 13.9. The number of carboxylic acid groups (broad SMARTS) is 1. The van der Waals surface area contributed by atoms with Gasteiger partial charge in [-0.1, -0.05) is 48.5 Å². The van der Waals surface area contributed by atoms with Crippen LogP contribution in [-0.4, -0.2) is 46.0 Å². The van der Waals surface area contributed by atoms with E-state index in [1.807, 2.05) is 0 Å².